The van der Waals surface area contributed by atoms with Crippen LogP contribution in [0.2, 0.25) is 0 Å². The maximum absolute atomic E-state index is 11.1. The van der Waals surface area contributed by atoms with Gasteiger partial charge in [-0.2, -0.15) is 15.0 Å². The summed E-state index contributed by atoms with van der Waals surface area (Å²) in [6, 6.07) is 0.190. The first kappa shape index (κ1) is 13.3. The third-order valence-corrected chi connectivity index (χ3v) is 3.09. The molecule has 0 aliphatic carbocycles. The summed E-state index contributed by atoms with van der Waals surface area (Å²) in [7, 11) is 1.47. The van der Waals surface area contributed by atoms with E-state index in [0.29, 0.717) is 31.9 Å². The molecule has 2 heterocycles. The van der Waals surface area contributed by atoms with Gasteiger partial charge in [-0.3, -0.25) is 10.2 Å². The van der Waals surface area contributed by atoms with Gasteiger partial charge in [0.2, 0.25) is 17.8 Å². The summed E-state index contributed by atoms with van der Waals surface area (Å²) in [6.07, 6.45) is 1.38. The number of nitrogens with zero attached hydrogens (tertiary/aromatic N) is 4. The Balaban J connectivity index is 2.12. The van der Waals surface area contributed by atoms with E-state index in [-0.39, 0.29) is 23.8 Å². The normalized spacial score (nSPS) is 16.2. The third kappa shape index (κ3) is 2.99. The number of nitrogens with two attached hydrogens (primary N) is 2. The summed E-state index contributed by atoms with van der Waals surface area (Å²) >= 11 is 0. The summed E-state index contributed by atoms with van der Waals surface area (Å²) in [4.78, 5) is 25.3. The van der Waals surface area contributed by atoms with Crippen LogP contribution in [0, 0.1) is 5.92 Å². The quantitative estimate of drug-likeness (QED) is 0.461. The average molecular weight is 267 g/mol. The number of hydrazine groups is 1. The van der Waals surface area contributed by atoms with Crippen molar-refractivity contribution in [2.24, 2.45) is 17.5 Å². The van der Waals surface area contributed by atoms with Crippen molar-refractivity contribution in [1.29, 1.82) is 0 Å². The molecule has 0 aromatic carbocycles. The topological polar surface area (TPSA) is 132 Å². The molecule has 1 amide bonds. The van der Waals surface area contributed by atoms with E-state index in [9.17, 15) is 4.79 Å². The molecule has 1 fully saturated rings. The molecule has 1 aliphatic rings. The fourth-order valence-electron chi connectivity index (χ4n) is 2.01. The molecule has 1 aromatic heterocycles. The van der Waals surface area contributed by atoms with Crippen LogP contribution in [0.3, 0.4) is 0 Å². The number of anilines is 2. The zero-order chi connectivity index (χ0) is 13.8. The Bertz CT molecular complexity index is 437. The highest BCUT2D eigenvalue weighted by Crippen LogP contribution is 2.22. The molecule has 5 N–H and O–H groups in total. The minimum Gasteiger partial charge on any atom is -0.467 e. The molecule has 9 heteroatoms. The van der Waals surface area contributed by atoms with Gasteiger partial charge in [-0.25, -0.2) is 5.84 Å². The average Bonchev–Trinajstić information content (AvgIpc) is 2.46. The number of ether oxygens (including phenoxy) is 1. The number of carbonyl (C=O) groups is 1. The van der Waals surface area contributed by atoms with Crippen LogP contribution in [0.1, 0.15) is 12.8 Å². The van der Waals surface area contributed by atoms with Gasteiger partial charge in [0, 0.05) is 19.0 Å². The Morgan fingerprint density at radius 3 is 2.58 bits per heavy atom. The zero-order valence-electron chi connectivity index (χ0n) is 10.7. The Morgan fingerprint density at radius 2 is 2.05 bits per heavy atom. The van der Waals surface area contributed by atoms with Gasteiger partial charge in [0.25, 0.3) is 0 Å². The van der Waals surface area contributed by atoms with Crippen molar-refractivity contribution >= 4 is 17.8 Å². The number of amides is 1. The van der Waals surface area contributed by atoms with E-state index in [4.69, 9.17) is 16.3 Å². The number of aromatic nitrogens is 3. The fourth-order valence-corrected chi connectivity index (χ4v) is 2.01. The van der Waals surface area contributed by atoms with Gasteiger partial charge in [-0.05, 0) is 12.8 Å². The second kappa shape index (κ2) is 5.65. The second-order valence-corrected chi connectivity index (χ2v) is 4.25. The number of methoxy groups -OCH3 is 1. The fraction of sp³-hybridized carbons (Fsp3) is 0.600. The predicted octanol–water partition coefficient (Wildman–Crippen LogP) is -1.13. The predicted molar refractivity (Wildman–Crippen MR) is 68.3 cm³/mol. The highest BCUT2D eigenvalue weighted by Gasteiger charge is 2.25. The molecule has 1 aliphatic heterocycles. The Kier molecular flexibility index (Phi) is 3.95. The van der Waals surface area contributed by atoms with E-state index in [0.717, 1.165) is 0 Å². The van der Waals surface area contributed by atoms with Gasteiger partial charge in [0.1, 0.15) is 0 Å². The molecule has 2 rings (SSSR count). The summed E-state index contributed by atoms with van der Waals surface area (Å²) in [5.74, 6) is 5.68. The number of nitrogen functional groups attached to an aromatic ring is 1. The van der Waals surface area contributed by atoms with E-state index in [2.05, 4.69) is 20.4 Å². The first-order valence-electron chi connectivity index (χ1n) is 5.95. The highest BCUT2D eigenvalue weighted by molar-refractivity contribution is 5.76. The minimum atomic E-state index is -0.253. The van der Waals surface area contributed by atoms with Crippen LogP contribution in [0.25, 0.3) is 0 Å². The van der Waals surface area contributed by atoms with Crippen LogP contribution in [0.15, 0.2) is 0 Å². The molecular formula is C10H17N7O2. The first-order chi connectivity index (χ1) is 9.13. The molecule has 9 nitrogen and oxygen atoms in total. The molecular weight excluding hydrogens is 250 g/mol. The lowest BCUT2D eigenvalue weighted by Crippen LogP contribution is -2.39. The molecule has 19 heavy (non-hydrogen) atoms. The van der Waals surface area contributed by atoms with Crippen LogP contribution in [-0.4, -0.2) is 41.1 Å². The Morgan fingerprint density at radius 1 is 1.37 bits per heavy atom. The van der Waals surface area contributed by atoms with Gasteiger partial charge in [0.05, 0.1) is 7.11 Å². The van der Waals surface area contributed by atoms with Crippen molar-refractivity contribution in [3.63, 3.8) is 0 Å². The Hall–Kier alpha value is -2.16. The summed E-state index contributed by atoms with van der Waals surface area (Å²) in [5, 5.41) is 0. The third-order valence-electron chi connectivity index (χ3n) is 3.09. The summed E-state index contributed by atoms with van der Waals surface area (Å²) in [6.45, 7) is 1.32. The molecule has 0 radical (unpaired) electrons. The van der Waals surface area contributed by atoms with Crippen molar-refractivity contribution in [2.75, 3.05) is 30.5 Å². The SMILES string of the molecule is COc1nc(NN)nc(N2CCC(C(N)=O)CC2)n1. The van der Waals surface area contributed by atoms with Crippen molar-refractivity contribution in [2.45, 2.75) is 12.8 Å². The standard InChI is InChI=1S/C10H17N7O2/c1-19-10-14-8(16-12)13-9(15-10)17-4-2-6(3-5-17)7(11)18/h6H,2-5,12H2,1H3,(H2,11,18)(H,13,14,15,16). The molecule has 0 saturated carbocycles. The number of primary amides is 1. The van der Waals surface area contributed by atoms with Crippen LogP contribution >= 0.6 is 0 Å². The molecule has 0 unspecified atom stereocenters. The van der Waals surface area contributed by atoms with E-state index in [1.807, 2.05) is 4.90 Å². The maximum Gasteiger partial charge on any atom is 0.322 e. The monoisotopic (exact) mass is 267 g/mol. The van der Waals surface area contributed by atoms with E-state index in [1.165, 1.54) is 7.11 Å². The van der Waals surface area contributed by atoms with E-state index < -0.39 is 0 Å². The molecule has 0 bridgehead atoms. The van der Waals surface area contributed by atoms with E-state index in [1.54, 1.807) is 0 Å². The molecule has 104 valence electrons. The van der Waals surface area contributed by atoms with Crippen LogP contribution < -0.4 is 26.6 Å². The van der Waals surface area contributed by atoms with Gasteiger partial charge >= 0.3 is 6.01 Å². The number of rotatable bonds is 4. The lowest BCUT2D eigenvalue weighted by Gasteiger charge is -2.30. The van der Waals surface area contributed by atoms with Crippen LogP contribution in [-0.2, 0) is 4.79 Å². The van der Waals surface area contributed by atoms with Crippen molar-refractivity contribution in [3.8, 4) is 6.01 Å². The van der Waals surface area contributed by atoms with Crippen LogP contribution in [0.5, 0.6) is 6.01 Å². The largest absolute Gasteiger partial charge is 0.467 e. The first-order valence-corrected chi connectivity index (χ1v) is 5.95. The molecule has 0 spiro atoms. The second-order valence-electron chi connectivity index (χ2n) is 4.25. The molecule has 1 aromatic rings. The van der Waals surface area contributed by atoms with Crippen molar-refractivity contribution in [1.82, 2.24) is 15.0 Å². The van der Waals surface area contributed by atoms with Gasteiger partial charge in [0.15, 0.2) is 0 Å². The highest BCUT2D eigenvalue weighted by atomic mass is 16.5. The Labute approximate surface area is 110 Å². The molecule has 1 saturated heterocycles. The van der Waals surface area contributed by atoms with Crippen molar-refractivity contribution < 1.29 is 9.53 Å². The number of carbonyl (C=O) groups excluding carboxylic acids is 1. The summed E-state index contributed by atoms with van der Waals surface area (Å²) in [5.41, 5.74) is 7.66. The van der Waals surface area contributed by atoms with Gasteiger partial charge < -0.3 is 15.4 Å². The number of piperidine rings is 1. The molecule has 0 atom stereocenters. The summed E-state index contributed by atoms with van der Waals surface area (Å²) < 4.78 is 4.99. The number of hydrogen-bond acceptors (Lipinski definition) is 8. The minimum absolute atomic E-state index is 0.0768. The number of hydrogen-bond donors (Lipinski definition) is 3. The zero-order valence-corrected chi connectivity index (χ0v) is 10.7. The van der Waals surface area contributed by atoms with Gasteiger partial charge in [-0.1, -0.05) is 0 Å². The van der Waals surface area contributed by atoms with Crippen molar-refractivity contribution in [3.05, 3.63) is 0 Å². The maximum atomic E-state index is 11.1. The van der Waals surface area contributed by atoms with Crippen LogP contribution in [0.4, 0.5) is 11.9 Å². The van der Waals surface area contributed by atoms with Gasteiger partial charge in [-0.15, -0.1) is 0 Å². The van der Waals surface area contributed by atoms with E-state index >= 15 is 0 Å². The lowest BCUT2D eigenvalue weighted by molar-refractivity contribution is -0.122. The smallest absolute Gasteiger partial charge is 0.322 e. The lowest BCUT2D eigenvalue weighted by atomic mass is 9.96. The number of nitrogens with one attached hydrogen (secondary N) is 1.